The van der Waals surface area contributed by atoms with Crippen molar-refractivity contribution in [2.45, 2.75) is 51.0 Å². The number of amides is 2. The van der Waals surface area contributed by atoms with Crippen molar-refractivity contribution in [2.24, 2.45) is 5.92 Å². The van der Waals surface area contributed by atoms with Gasteiger partial charge in [-0.05, 0) is 55.4 Å². The molecule has 34 heavy (non-hydrogen) atoms. The lowest BCUT2D eigenvalue weighted by atomic mass is 10.0. The normalized spacial score (nSPS) is 17.4. The number of aliphatic carboxylic acids is 1. The van der Waals surface area contributed by atoms with Gasteiger partial charge < -0.3 is 15.3 Å². The van der Waals surface area contributed by atoms with Crippen molar-refractivity contribution in [1.29, 1.82) is 5.26 Å². The van der Waals surface area contributed by atoms with Crippen molar-refractivity contribution in [3.8, 4) is 6.07 Å². The SMILES string of the molecule is N#Cc1cccc(CCCC(=O)NC[C@@H]2C[C@@H](CC(=O)O)C(=O)N2CCCc2ccccc2)c1. The zero-order valence-corrected chi connectivity index (χ0v) is 19.3. The van der Waals surface area contributed by atoms with Gasteiger partial charge in [0.2, 0.25) is 11.8 Å². The maximum atomic E-state index is 12.8. The second-order valence-electron chi connectivity index (χ2n) is 8.77. The van der Waals surface area contributed by atoms with Crippen LogP contribution in [-0.4, -0.2) is 46.9 Å². The summed E-state index contributed by atoms with van der Waals surface area (Å²) in [6.45, 7) is 0.871. The van der Waals surface area contributed by atoms with Crippen molar-refractivity contribution in [1.82, 2.24) is 10.2 Å². The second-order valence-corrected chi connectivity index (χ2v) is 8.77. The third kappa shape index (κ3) is 7.45. The van der Waals surface area contributed by atoms with Gasteiger partial charge in [0, 0.05) is 25.6 Å². The van der Waals surface area contributed by atoms with Crippen LogP contribution in [0.5, 0.6) is 0 Å². The minimum Gasteiger partial charge on any atom is -0.481 e. The second kappa shape index (κ2) is 12.5. The fourth-order valence-electron chi connectivity index (χ4n) is 4.51. The molecule has 0 saturated carbocycles. The van der Waals surface area contributed by atoms with Crippen LogP contribution in [0.4, 0.5) is 0 Å². The summed E-state index contributed by atoms with van der Waals surface area (Å²) in [6.07, 6.45) is 3.59. The lowest BCUT2D eigenvalue weighted by Gasteiger charge is -2.25. The van der Waals surface area contributed by atoms with E-state index in [1.54, 1.807) is 11.0 Å². The van der Waals surface area contributed by atoms with E-state index >= 15 is 0 Å². The summed E-state index contributed by atoms with van der Waals surface area (Å²) < 4.78 is 0. The predicted octanol–water partition coefficient (Wildman–Crippen LogP) is 3.32. The summed E-state index contributed by atoms with van der Waals surface area (Å²) in [4.78, 5) is 38.2. The van der Waals surface area contributed by atoms with E-state index in [4.69, 9.17) is 5.26 Å². The smallest absolute Gasteiger partial charge is 0.304 e. The number of aryl methyl sites for hydroxylation is 2. The van der Waals surface area contributed by atoms with E-state index in [2.05, 4.69) is 11.4 Å². The van der Waals surface area contributed by atoms with E-state index in [9.17, 15) is 19.5 Å². The Hall–Kier alpha value is -3.66. The van der Waals surface area contributed by atoms with E-state index in [0.29, 0.717) is 44.3 Å². The molecule has 0 radical (unpaired) electrons. The first kappa shape index (κ1) is 25.0. The molecule has 1 aliphatic rings. The summed E-state index contributed by atoms with van der Waals surface area (Å²) in [7, 11) is 0. The number of likely N-dealkylation sites (tertiary alicyclic amines) is 1. The Labute approximate surface area is 200 Å². The number of hydrogen-bond acceptors (Lipinski definition) is 4. The Morgan fingerprint density at radius 1 is 1.06 bits per heavy atom. The third-order valence-corrected chi connectivity index (χ3v) is 6.22. The molecule has 2 N–H and O–H groups in total. The van der Waals surface area contributed by atoms with Gasteiger partial charge in [0.25, 0.3) is 0 Å². The molecule has 7 nitrogen and oxygen atoms in total. The van der Waals surface area contributed by atoms with Gasteiger partial charge in [0.15, 0.2) is 0 Å². The van der Waals surface area contributed by atoms with E-state index < -0.39 is 11.9 Å². The minimum atomic E-state index is -0.979. The molecule has 3 rings (SSSR count). The van der Waals surface area contributed by atoms with Gasteiger partial charge >= 0.3 is 5.97 Å². The van der Waals surface area contributed by atoms with E-state index in [0.717, 1.165) is 18.4 Å². The van der Waals surface area contributed by atoms with Gasteiger partial charge in [-0.1, -0.05) is 42.5 Å². The number of carboxylic acids is 1. The fraction of sp³-hybridized carbons (Fsp3) is 0.407. The van der Waals surface area contributed by atoms with Crippen LogP contribution in [-0.2, 0) is 27.2 Å². The average Bonchev–Trinajstić information content (AvgIpc) is 3.12. The Morgan fingerprint density at radius 3 is 2.53 bits per heavy atom. The number of carbonyl (C=O) groups is 3. The zero-order valence-electron chi connectivity index (χ0n) is 19.3. The van der Waals surface area contributed by atoms with Gasteiger partial charge in [-0.2, -0.15) is 5.26 Å². The first-order chi connectivity index (χ1) is 16.5. The highest BCUT2D eigenvalue weighted by atomic mass is 16.4. The molecule has 0 spiro atoms. The van der Waals surface area contributed by atoms with Crippen LogP contribution in [0.1, 0.15) is 48.8 Å². The molecule has 2 aromatic rings. The zero-order chi connectivity index (χ0) is 24.3. The highest BCUT2D eigenvalue weighted by Gasteiger charge is 2.39. The maximum absolute atomic E-state index is 12.8. The maximum Gasteiger partial charge on any atom is 0.304 e. The molecular formula is C27H31N3O4. The molecule has 2 amide bonds. The van der Waals surface area contributed by atoms with Gasteiger partial charge in [-0.3, -0.25) is 14.4 Å². The van der Waals surface area contributed by atoms with Crippen molar-refractivity contribution >= 4 is 17.8 Å². The number of carboxylic acid groups (broad SMARTS) is 1. The number of rotatable bonds is 12. The predicted molar refractivity (Wildman–Crippen MR) is 128 cm³/mol. The molecule has 178 valence electrons. The van der Waals surface area contributed by atoms with Crippen molar-refractivity contribution in [3.05, 3.63) is 71.3 Å². The van der Waals surface area contributed by atoms with E-state index in [1.165, 1.54) is 5.56 Å². The number of hydrogen-bond donors (Lipinski definition) is 2. The molecule has 0 bridgehead atoms. The monoisotopic (exact) mass is 461 g/mol. The summed E-state index contributed by atoms with van der Waals surface area (Å²) in [5, 5.41) is 21.1. The third-order valence-electron chi connectivity index (χ3n) is 6.22. The molecule has 7 heteroatoms. The number of nitrogens with one attached hydrogen (secondary N) is 1. The Kier molecular flexibility index (Phi) is 9.21. The van der Waals surface area contributed by atoms with Gasteiger partial charge in [-0.25, -0.2) is 0 Å². The number of carbonyl (C=O) groups excluding carboxylic acids is 2. The van der Waals surface area contributed by atoms with E-state index in [1.807, 2.05) is 48.5 Å². The number of nitriles is 1. The molecule has 1 fully saturated rings. The Balaban J connectivity index is 1.48. The highest BCUT2D eigenvalue weighted by molar-refractivity contribution is 5.85. The lowest BCUT2D eigenvalue weighted by Crippen LogP contribution is -2.42. The first-order valence-electron chi connectivity index (χ1n) is 11.8. The Bertz CT molecular complexity index is 1030. The topological polar surface area (TPSA) is 111 Å². The van der Waals surface area contributed by atoms with Crippen LogP contribution in [0.2, 0.25) is 0 Å². The van der Waals surface area contributed by atoms with Crippen molar-refractivity contribution in [3.63, 3.8) is 0 Å². The summed E-state index contributed by atoms with van der Waals surface area (Å²) in [5.41, 5.74) is 2.83. The highest BCUT2D eigenvalue weighted by Crippen LogP contribution is 2.27. The summed E-state index contributed by atoms with van der Waals surface area (Å²) >= 11 is 0. The molecule has 1 saturated heterocycles. The molecule has 2 atom stereocenters. The number of benzene rings is 2. The van der Waals surface area contributed by atoms with Gasteiger partial charge in [0.1, 0.15) is 0 Å². The molecule has 0 aromatic heterocycles. The van der Waals surface area contributed by atoms with Crippen molar-refractivity contribution in [2.75, 3.05) is 13.1 Å². The lowest BCUT2D eigenvalue weighted by molar-refractivity contribution is -0.142. The molecule has 1 aliphatic heterocycles. The van der Waals surface area contributed by atoms with Crippen LogP contribution in [0.3, 0.4) is 0 Å². The minimum absolute atomic E-state index is 0.0881. The van der Waals surface area contributed by atoms with Gasteiger partial charge in [-0.15, -0.1) is 0 Å². The van der Waals surface area contributed by atoms with Crippen LogP contribution in [0.15, 0.2) is 54.6 Å². The largest absolute Gasteiger partial charge is 0.481 e. The van der Waals surface area contributed by atoms with Crippen LogP contribution >= 0.6 is 0 Å². The molecular weight excluding hydrogens is 430 g/mol. The number of nitrogens with zero attached hydrogens (tertiary/aromatic N) is 2. The summed E-state index contributed by atoms with van der Waals surface area (Å²) in [6, 6.07) is 19.3. The Morgan fingerprint density at radius 2 is 1.79 bits per heavy atom. The molecule has 2 aromatic carbocycles. The fourth-order valence-corrected chi connectivity index (χ4v) is 4.51. The molecule has 0 aliphatic carbocycles. The quantitative estimate of drug-likeness (QED) is 0.504. The van der Waals surface area contributed by atoms with Crippen molar-refractivity contribution < 1.29 is 19.5 Å². The van der Waals surface area contributed by atoms with E-state index in [-0.39, 0.29) is 24.3 Å². The van der Waals surface area contributed by atoms with Crippen LogP contribution < -0.4 is 5.32 Å². The summed E-state index contributed by atoms with van der Waals surface area (Å²) in [5.74, 6) is -1.74. The molecule has 0 unspecified atom stereocenters. The van der Waals surface area contributed by atoms with Gasteiger partial charge in [0.05, 0.1) is 24.0 Å². The average molecular weight is 462 g/mol. The first-order valence-corrected chi connectivity index (χ1v) is 11.8. The molecule has 1 heterocycles. The standard InChI is InChI=1S/C27H31N3O4/c28-18-22-11-4-9-21(15-22)10-5-13-25(31)29-19-24-16-23(17-26(32)33)27(34)30(24)14-6-12-20-7-2-1-3-8-20/h1-4,7-9,11,15,23-24H,5-6,10,12-14,16-17,19H2,(H,29,31)(H,32,33)/t23-,24-/m0/s1. The van der Waals surface area contributed by atoms with Crippen LogP contribution in [0.25, 0.3) is 0 Å². The van der Waals surface area contributed by atoms with Crippen LogP contribution in [0, 0.1) is 17.2 Å².